The van der Waals surface area contributed by atoms with E-state index in [4.69, 9.17) is 9.47 Å². The Morgan fingerprint density at radius 3 is 1.96 bits per heavy atom. The third kappa shape index (κ3) is 12.7. The van der Waals surface area contributed by atoms with Crippen molar-refractivity contribution in [3.8, 4) is 11.5 Å². The van der Waals surface area contributed by atoms with Crippen LogP contribution in [0.5, 0.6) is 11.5 Å². The number of likely N-dealkylation sites (tertiary alicyclic amines) is 1. The number of para-hydroxylation sites is 1. The molecule has 1 aliphatic heterocycles. The van der Waals surface area contributed by atoms with Gasteiger partial charge in [-0.05, 0) is 101 Å². The fourth-order valence-electron chi connectivity index (χ4n) is 6.32. The number of aliphatic hydroxyl groups excluding tert-OH is 1. The number of ether oxygens (including phenoxy) is 2. The Balaban J connectivity index is 1.56. The first-order valence-electron chi connectivity index (χ1n) is 18.1. The number of nitrogens with zero attached hydrogens (tertiary/aromatic N) is 1. The minimum atomic E-state index is -1.11. The zero-order valence-corrected chi connectivity index (χ0v) is 30.9. The number of hydrogen-bond donors (Lipinski definition) is 4. The third-order valence-electron chi connectivity index (χ3n) is 9.19. The van der Waals surface area contributed by atoms with E-state index in [1.165, 1.54) is 0 Å². The lowest BCUT2D eigenvalue weighted by atomic mass is 9.88. The number of rotatable bonds is 15. The summed E-state index contributed by atoms with van der Waals surface area (Å²) in [7, 11) is 1.94. The topological polar surface area (TPSA) is 129 Å². The molecule has 1 aliphatic rings. The lowest BCUT2D eigenvalue weighted by molar-refractivity contribution is -0.139. The van der Waals surface area contributed by atoms with Crippen molar-refractivity contribution in [3.05, 3.63) is 96.1 Å². The molecule has 0 aliphatic carbocycles. The summed E-state index contributed by atoms with van der Waals surface area (Å²) in [5, 5.41) is 21.0. The molecule has 4 atom stereocenters. The Hall–Kier alpha value is -4.41. The number of benzene rings is 3. The SMILES string of the molecule is CNC1CCN(C(=O)[C@@H](NC(=O)[C@H](Cc2ccc(Oc3ccccc3)cc2)C[C@H](O)[C@H](Cc2ccccc2)NC(=O)OC(C)(C)C)C(C)C)CC1. The summed E-state index contributed by atoms with van der Waals surface area (Å²) in [6.45, 7) is 10.4. The molecule has 1 heterocycles. The summed E-state index contributed by atoms with van der Waals surface area (Å²) in [4.78, 5) is 42.8. The molecule has 3 aromatic carbocycles. The molecule has 3 aromatic rings. The highest BCUT2D eigenvalue weighted by molar-refractivity contribution is 5.89. The zero-order valence-electron chi connectivity index (χ0n) is 30.9. The normalized spacial score (nSPS) is 16.1. The number of alkyl carbamates (subject to hydrolysis) is 1. The summed E-state index contributed by atoms with van der Waals surface area (Å²) in [5.74, 6) is 0.0802. The minimum Gasteiger partial charge on any atom is -0.457 e. The maximum Gasteiger partial charge on any atom is 0.407 e. The first-order chi connectivity index (χ1) is 24.3. The van der Waals surface area contributed by atoms with Crippen LogP contribution in [0.25, 0.3) is 0 Å². The highest BCUT2D eigenvalue weighted by atomic mass is 16.6. The quantitative estimate of drug-likeness (QED) is 0.156. The molecule has 0 saturated carbocycles. The van der Waals surface area contributed by atoms with Gasteiger partial charge in [-0.3, -0.25) is 9.59 Å². The van der Waals surface area contributed by atoms with Gasteiger partial charge in [0.1, 0.15) is 23.1 Å². The maximum absolute atomic E-state index is 14.2. The van der Waals surface area contributed by atoms with Gasteiger partial charge >= 0.3 is 6.09 Å². The fraction of sp³-hybridized carbons (Fsp3) is 0.488. The Bertz CT molecular complexity index is 1520. The lowest BCUT2D eigenvalue weighted by Crippen LogP contribution is -2.55. The van der Waals surface area contributed by atoms with Crippen LogP contribution in [0.3, 0.4) is 0 Å². The number of hydrogen-bond acceptors (Lipinski definition) is 7. The van der Waals surface area contributed by atoms with Gasteiger partial charge in [-0.25, -0.2) is 4.79 Å². The Kier molecular flexibility index (Phi) is 14.5. The van der Waals surface area contributed by atoms with E-state index in [0.717, 1.165) is 24.0 Å². The molecule has 0 spiro atoms. The monoisotopic (exact) mass is 700 g/mol. The van der Waals surface area contributed by atoms with Gasteiger partial charge in [-0.15, -0.1) is 0 Å². The van der Waals surface area contributed by atoms with E-state index in [-0.39, 0.29) is 24.2 Å². The van der Waals surface area contributed by atoms with Crippen molar-refractivity contribution in [2.24, 2.45) is 11.8 Å². The largest absolute Gasteiger partial charge is 0.457 e. The van der Waals surface area contributed by atoms with E-state index in [1.54, 1.807) is 20.8 Å². The number of nitrogens with one attached hydrogen (secondary N) is 3. The van der Waals surface area contributed by atoms with Crippen molar-refractivity contribution in [2.75, 3.05) is 20.1 Å². The van der Waals surface area contributed by atoms with Gasteiger partial charge in [0.15, 0.2) is 0 Å². The minimum absolute atomic E-state index is 0.0357. The molecular formula is C41H56N4O6. The summed E-state index contributed by atoms with van der Waals surface area (Å²) in [6.07, 6.45) is 0.615. The van der Waals surface area contributed by atoms with E-state index in [2.05, 4.69) is 16.0 Å². The summed E-state index contributed by atoms with van der Waals surface area (Å²) in [6, 6.07) is 25.5. The van der Waals surface area contributed by atoms with Crippen molar-refractivity contribution >= 4 is 17.9 Å². The van der Waals surface area contributed by atoms with Crippen LogP contribution >= 0.6 is 0 Å². The van der Waals surface area contributed by atoms with Crippen LogP contribution in [0.2, 0.25) is 0 Å². The van der Waals surface area contributed by atoms with Crippen LogP contribution in [-0.2, 0) is 27.2 Å². The van der Waals surface area contributed by atoms with Gasteiger partial charge < -0.3 is 35.4 Å². The Labute approximate surface area is 303 Å². The molecule has 1 fully saturated rings. The molecule has 0 bridgehead atoms. The van der Waals surface area contributed by atoms with E-state index in [9.17, 15) is 19.5 Å². The molecule has 0 aromatic heterocycles. The molecule has 4 rings (SSSR count). The highest BCUT2D eigenvalue weighted by Crippen LogP contribution is 2.25. The maximum atomic E-state index is 14.2. The molecule has 3 amide bonds. The predicted molar refractivity (Wildman–Crippen MR) is 200 cm³/mol. The van der Waals surface area contributed by atoms with E-state index in [0.29, 0.717) is 43.5 Å². The second kappa shape index (κ2) is 18.7. The molecule has 0 radical (unpaired) electrons. The van der Waals surface area contributed by atoms with Crippen LogP contribution in [0.15, 0.2) is 84.9 Å². The smallest absolute Gasteiger partial charge is 0.407 e. The number of piperidine rings is 1. The van der Waals surface area contributed by atoms with Crippen LogP contribution in [0.4, 0.5) is 4.79 Å². The van der Waals surface area contributed by atoms with E-state index >= 15 is 0 Å². The number of carbonyl (C=O) groups excluding carboxylic acids is 3. The van der Waals surface area contributed by atoms with Crippen LogP contribution < -0.4 is 20.7 Å². The molecule has 1 saturated heterocycles. The molecule has 4 N–H and O–H groups in total. The van der Waals surface area contributed by atoms with Crippen molar-refractivity contribution in [2.45, 2.75) is 96.6 Å². The van der Waals surface area contributed by atoms with Gasteiger partial charge in [0.25, 0.3) is 0 Å². The standard InChI is InChI=1S/C41H56N4O6/c1-28(2)37(39(48)45-23-21-32(42-6)22-24-45)44-38(47)31(25-30-17-19-34(20-18-30)50-33-15-11-8-12-16-33)27-36(46)35(26-29-13-9-7-10-14-29)43-40(49)51-41(3,4)5/h7-20,28,31-32,35-37,42,46H,21-27H2,1-6H3,(H,43,49)(H,44,47)/t31-,35+,36+,37+/m1/s1. The second-order valence-electron chi connectivity index (χ2n) is 14.8. The highest BCUT2D eigenvalue weighted by Gasteiger charge is 2.35. The average Bonchev–Trinajstić information content (AvgIpc) is 3.10. The van der Waals surface area contributed by atoms with Gasteiger partial charge in [-0.1, -0.05) is 74.5 Å². The summed E-state index contributed by atoms with van der Waals surface area (Å²) >= 11 is 0. The first kappa shape index (κ1) is 39.4. The van der Waals surface area contributed by atoms with Crippen LogP contribution in [-0.4, -0.2) is 77.9 Å². The van der Waals surface area contributed by atoms with Crippen LogP contribution in [0.1, 0.15) is 65.0 Å². The van der Waals surface area contributed by atoms with Crippen LogP contribution in [0, 0.1) is 11.8 Å². The second-order valence-corrected chi connectivity index (χ2v) is 14.8. The third-order valence-corrected chi connectivity index (χ3v) is 9.19. The first-order valence-corrected chi connectivity index (χ1v) is 18.1. The predicted octanol–water partition coefficient (Wildman–Crippen LogP) is 5.88. The van der Waals surface area contributed by atoms with Gasteiger partial charge in [0.05, 0.1) is 12.1 Å². The van der Waals surface area contributed by atoms with Crippen molar-refractivity contribution in [1.82, 2.24) is 20.9 Å². The van der Waals surface area contributed by atoms with E-state index in [1.807, 2.05) is 111 Å². The number of aliphatic hydroxyl groups is 1. The number of carbonyl (C=O) groups is 3. The summed E-state index contributed by atoms with van der Waals surface area (Å²) in [5.41, 5.74) is 1.05. The molecule has 10 nitrogen and oxygen atoms in total. The lowest BCUT2D eigenvalue weighted by Gasteiger charge is -2.36. The van der Waals surface area contributed by atoms with Gasteiger partial charge in [0, 0.05) is 25.0 Å². The molecule has 51 heavy (non-hydrogen) atoms. The number of amides is 3. The van der Waals surface area contributed by atoms with Crippen molar-refractivity contribution < 1.29 is 29.0 Å². The van der Waals surface area contributed by atoms with E-state index < -0.39 is 35.8 Å². The van der Waals surface area contributed by atoms with Crippen molar-refractivity contribution in [1.29, 1.82) is 0 Å². The Morgan fingerprint density at radius 2 is 1.39 bits per heavy atom. The summed E-state index contributed by atoms with van der Waals surface area (Å²) < 4.78 is 11.5. The Morgan fingerprint density at radius 1 is 0.824 bits per heavy atom. The van der Waals surface area contributed by atoms with Crippen molar-refractivity contribution in [3.63, 3.8) is 0 Å². The zero-order chi connectivity index (χ0) is 37.0. The average molecular weight is 701 g/mol. The molecular weight excluding hydrogens is 644 g/mol. The fourth-order valence-corrected chi connectivity index (χ4v) is 6.32. The molecule has 276 valence electrons. The molecule has 10 heteroatoms. The van der Waals surface area contributed by atoms with Gasteiger partial charge in [0.2, 0.25) is 11.8 Å². The molecule has 0 unspecified atom stereocenters. The van der Waals surface area contributed by atoms with Gasteiger partial charge in [-0.2, -0.15) is 0 Å².